The van der Waals surface area contributed by atoms with Crippen molar-refractivity contribution in [1.82, 2.24) is 9.55 Å². The van der Waals surface area contributed by atoms with Crippen molar-refractivity contribution in [2.24, 2.45) is 11.8 Å². The molecule has 0 atom stereocenters. The first-order chi connectivity index (χ1) is 10.0. The second kappa shape index (κ2) is 7.30. The van der Waals surface area contributed by atoms with Crippen molar-refractivity contribution >= 4 is 11.6 Å². The lowest BCUT2D eigenvalue weighted by Crippen LogP contribution is -2.38. The van der Waals surface area contributed by atoms with E-state index in [2.05, 4.69) is 11.9 Å². The van der Waals surface area contributed by atoms with Crippen LogP contribution in [0.25, 0.3) is 0 Å². The predicted octanol–water partition coefficient (Wildman–Crippen LogP) is 3.36. The molecule has 1 aromatic heterocycles. The molecular weight excluding hydrogens is 288 g/mol. The molecule has 1 aromatic rings. The molecule has 5 heteroatoms. The molecule has 1 saturated carbocycles. The Morgan fingerprint density at radius 2 is 1.90 bits per heavy atom. The van der Waals surface area contributed by atoms with Gasteiger partial charge in [0.05, 0.1) is 5.56 Å². The molecule has 1 aliphatic carbocycles. The van der Waals surface area contributed by atoms with Crippen molar-refractivity contribution in [2.75, 3.05) is 0 Å². The maximum absolute atomic E-state index is 12.4. The highest BCUT2D eigenvalue weighted by Gasteiger charge is 2.19. The Bertz CT molecular complexity index is 583. The number of aromatic amines is 1. The molecule has 0 radical (unpaired) electrons. The van der Waals surface area contributed by atoms with Gasteiger partial charge in [-0.25, -0.2) is 4.79 Å². The summed E-state index contributed by atoms with van der Waals surface area (Å²) in [5, 5.41) is 0.203. The third-order valence-electron chi connectivity index (χ3n) is 4.63. The van der Waals surface area contributed by atoms with Crippen molar-refractivity contribution in [2.45, 2.75) is 65.3 Å². The number of hydrogen-bond donors (Lipinski definition) is 1. The minimum Gasteiger partial charge on any atom is -0.297 e. The molecule has 0 aromatic carbocycles. The topological polar surface area (TPSA) is 54.9 Å². The molecule has 4 nitrogen and oxygen atoms in total. The number of hydrogen-bond acceptors (Lipinski definition) is 2. The molecule has 21 heavy (non-hydrogen) atoms. The summed E-state index contributed by atoms with van der Waals surface area (Å²) < 4.78 is 1.33. The average molecular weight is 313 g/mol. The molecular formula is C16H25ClN2O2. The second-order valence-corrected chi connectivity index (χ2v) is 6.72. The predicted molar refractivity (Wildman–Crippen MR) is 86.1 cm³/mol. The highest BCUT2D eigenvalue weighted by molar-refractivity contribution is 6.30. The Morgan fingerprint density at radius 1 is 1.24 bits per heavy atom. The lowest BCUT2D eigenvalue weighted by Gasteiger charge is -2.26. The zero-order chi connectivity index (χ0) is 15.4. The molecule has 1 fully saturated rings. The summed E-state index contributed by atoms with van der Waals surface area (Å²) >= 11 is 5.98. The van der Waals surface area contributed by atoms with Gasteiger partial charge in [-0.3, -0.25) is 14.3 Å². The van der Waals surface area contributed by atoms with Crippen LogP contribution in [0.5, 0.6) is 0 Å². The van der Waals surface area contributed by atoms with Crippen LogP contribution in [0.4, 0.5) is 0 Å². The summed E-state index contributed by atoms with van der Waals surface area (Å²) in [7, 11) is 0. The molecule has 2 rings (SSSR count). The lowest BCUT2D eigenvalue weighted by atomic mass is 9.81. The standard InChI is InChI=1S/C16H25ClN2O2/c1-3-4-13-14(17)18-16(21)19(15(13)20)10-9-12-7-5-11(2)6-8-12/h11-12H,3-10H2,1-2H3,(H,18,21). The average Bonchev–Trinajstić information content (AvgIpc) is 2.45. The minimum atomic E-state index is -0.381. The summed E-state index contributed by atoms with van der Waals surface area (Å²) in [6.07, 6.45) is 7.29. The monoisotopic (exact) mass is 312 g/mol. The van der Waals surface area contributed by atoms with Gasteiger partial charge in [0.15, 0.2) is 0 Å². The van der Waals surface area contributed by atoms with Gasteiger partial charge in [0.2, 0.25) is 0 Å². The van der Waals surface area contributed by atoms with E-state index in [1.165, 1.54) is 30.3 Å². The fraction of sp³-hybridized carbons (Fsp3) is 0.750. The Balaban J connectivity index is 2.11. The van der Waals surface area contributed by atoms with E-state index in [0.29, 0.717) is 24.4 Å². The van der Waals surface area contributed by atoms with Crippen molar-refractivity contribution in [3.8, 4) is 0 Å². The molecule has 1 N–H and O–H groups in total. The Labute approximate surface area is 130 Å². The highest BCUT2D eigenvalue weighted by atomic mass is 35.5. The molecule has 0 spiro atoms. The van der Waals surface area contributed by atoms with Gasteiger partial charge in [0, 0.05) is 6.54 Å². The van der Waals surface area contributed by atoms with Gasteiger partial charge < -0.3 is 0 Å². The second-order valence-electron chi connectivity index (χ2n) is 6.34. The van der Waals surface area contributed by atoms with E-state index in [9.17, 15) is 9.59 Å². The Kier molecular flexibility index (Phi) is 5.68. The number of aromatic nitrogens is 2. The maximum atomic E-state index is 12.4. The smallest absolute Gasteiger partial charge is 0.297 e. The van der Waals surface area contributed by atoms with Gasteiger partial charge in [-0.05, 0) is 24.7 Å². The molecule has 0 amide bonds. The van der Waals surface area contributed by atoms with E-state index in [-0.39, 0.29) is 16.4 Å². The SMILES string of the molecule is CCCc1c(Cl)[nH]c(=O)n(CCC2CCC(C)CC2)c1=O. The van der Waals surface area contributed by atoms with Gasteiger partial charge in [0.25, 0.3) is 5.56 Å². The quantitative estimate of drug-likeness (QED) is 0.848. The molecule has 0 bridgehead atoms. The fourth-order valence-electron chi connectivity index (χ4n) is 3.19. The van der Waals surface area contributed by atoms with Gasteiger partial charge in [0.1, 0.15) is 5.15 Å². The van der Waals surface area contributed by atoms with Crippen molar-refractivity contribution in [3.05, 3.63) is 31.6 Å². The Morgan fingerprint density at radius 3 is 2.52 bits per heavy atom. The number of H-pyrrole nitrogens is 1. The molecule has 1 aliphatic rings. The first kappa shape index (κ1) is 16.3. The summed E-state index contributed by atoms with van der Waals surface area (Å²) in [4.78, 5) is 26.9. The molecule has 1 heterocycles. The van der Waals surface area contributed by atoms with Crippen LogP contribution in [-0.4, -0.2) is 9.55 Å². The summed E-state index contributed by atoms with van der Waals surface area (Å²) in [6, 6.07) is 0. The van der Waals surface area contributed by atoms with Crippen LogP contribution >= 0.6 is 11.6 Å². The normalized spacial score (nSPS) is 22.4. The molecule has 0 aliphatic heterocycles. The third-order valence-corrected chi connectivity index (χ3v) is 4.95. The summed E-state index contributed by atoms with van der Waals surface area (Å²) in [5.74, 6) is 1.46. The highest BCUT2D eigenvalue weighted by Crippen LogP contribution is 2.30. The maximum Gasteiger partial charge on any atom is 0.329 e. The third kappa shape index (κ3) is 4.00. The van der Waals surface area contributed by atoms with E-state index < -0.39 is 0 Å². The van der Waals surface area contributed by atoms with E-state index in [1.807, 2.05) is 6.92 Å². The first-order valence-corrected chi connectivity index (χ1v) is 8.42. The van der Waals surface area contributed by atoms with Crippen molar-refractivity contribution in [3.63, 3.8) is 0 Å². The van der Waals surface area contributed by atoms with Crippen LogP contribution in [0.1, 0.15) is 57.9 Å². The molecule has 0 saturated heterocycles. The van der Waals surface area contributed by atoms with Crippen LogP contribution in [0.15, 0.2) is 9.59 Å². The first-order valence-electron chi connectivity index (χ1n) is 8.04. The summed E-state index contributed by atoms with van der Waals surface area (Å²) in [5.41, 5.74) is -0.0557. The number of nitrogens with one attached hydrogen (secondary N) is 1. The van der Waals surface area contributed by atoms with Crippen LogP contribution in [-0.2, 0) is 13.0 Å². The van der Waals surface area contributed by atoms with Gasteiger partial charge in [-0.1, -0.05) is 57.6 Å². The number of rotatable bonds is 5. The van der Waals surface area contributed by atoms with Gasteiger partial charge >= 0.3 is 5.69 Å². The Hall–Kier alpha value is -1.03. The van der Waals surface area contributed by atoms with Crippen molar-refractivity contribution < 1.29 is 0 Å². The van der Waals surface area contributed by atoms with Crippen LogP contribution < -0.4 is 11.2 Å². The molecule has 0 unspecified atom stereocenters. The fourth-order valence-corrected chi connectivity index (χ4v) is 3.44. The zero-order valence-electron chi connectivity index (χ0n) is 13.0. The van der Waals surface area contributed by atoms with E-state index >= 15 is 0 Å². The lowest BCUT2D eigenvalue weighted by molar-refractivity contribution is 0.267. The van der Waals surface area contributed by atoms with Gasteiger partial charge in [-0.15, -0.1) is 0 Å². The van der Waals surface area contributed by atoms with E-state index in [4.69, 9.17) is 11.6 Å². The van der Waals surface area contributed by atoms with Crippen LogP contribution in [0.3, 0.4) is 0 Å². The number of halogens is 1. The van der Waals surface area contributed by atoms with E-state index in [0.717, 1.165) is 18.8 Å². The van der Waals surface area contributed by atoms with Crippen LogP contribution in [0, 0.1) is 11.8 Å². The molecule has 118 valence electrons. The number of nitrogens with zero attached hydrogens (tertiary/aromatic N) is 1. The minimum absolute atomic E-state index is 0.203. The largest absolute Gasteiger partial charge is 0.329 e. The van der Waals surface area contributed by atoms with Gasteiger partial charge in [-0.2, -0.15) is 0 Å². The van der Waals surface area contributed by atoms with Crippen molar-refractivity contribution in [1.29, 1.82) is 0 Å². The van der Waals surface area contributed by atoms with Crippen LogP contribution in [0.2, 0.25) is 5.15 Å². The summed E-state index contributed by atoms with van der Waals surface area (Å²) in [6.45, 7) is 4.79. The zero-order valence-corrected chi connectivity index (χ0v) is 13.7. The van der Waals surface area contributed by atoms with E-state index in [1.54, 1.807) is 0 Å².